The van der Waals surface area contributed by atoms with Gasteiger partial charge in [0.15, 0.2) is 0 Å². The molecule has 20 heavy (non-hydrogen) atoms. The fourth-order valence-corrected chi connectivity index (χ4v) is 3.35. The highest BCUT2D eigenvalue weighted by Gasteiger charge is 2.33. The van der Waals surface area contributed by atoms with Crippen LogP contribution in [0.4, 0.5) is 4.39 Å². The van der Waals surface area contributed by atoms with Crippen molar-refractivity contribution < 1.29 is 4.39 Å². The van der Waals surface area contributed by atoms with Gasteiger partial charge in [0.1, 0.15) is 5.82 Å². The molecule has 1 aliphatic carbocycles. The summed E-state index contributed by atoms with van der Waals surface area (Å²) in [5.74, 6) is 0.154. The minimum Gasteiger partial charge on any atom is -0.312 e. The quantitative estimate of drug-likeness (QED) is 0.884. The lowest BCUT2D eigenvalue weighted by Crippen LogP contribution is -2.31. The molecule has 0 aliphatic heterocycles. The molecule has 0 saturated heterocycles. The number of rotatable bonds is 3. The summed E-state index contributed by atoms with van der Waals surface area (Å²) in [5.41, 5.74) is 4.38. The number of likely N-dealkylation sites (N-methyl/N-ethyl adjacent to an activating group) is 1. The highest BCUT2D eigenvalue weighted by Crippen LogP contribution is 2.45. The zero-order valence-electron chi connectivity index (χ0n) is 11.6. The molecule has 0 bridgehead atoms. The molecule has 0 radical (unpaired) electrons. The molecule has 0 amide bonds. The molecule has 0 aromatic heterocycles. The maximum absolute atomic E-state index is 13.6. The zero-order chi connectivity index (χ0) is 14.3. The molecule has 1 nitrogen and oxygen atoms in total. The first-order valence-corrected chi connectivity index (χ1v) is 7.20. The highest BCUT2D eigenvalue weighted by atomic mass is 35.5. The first kappa shape index (κ1) is 13.6. The van der Waals surface area contributed by atoms with Crippen LogP contribution in [-0.2, 0) is 6.42 Å². The van der Waals surface area contributed by atoms with Crippen molar-refractivity contribution >= 4 is 11.6 Å². The summed E-state index contributed by atoms with van der Waals surface area (Å²) in [4.78, 5) is 0. The summed E-state index contributed by atoms with van der Waals surface area (Å²) in [6.07, 6.45) is 1.04. The third kappa shape index (κ3) is 2.13. The molecular weight excluding hydrogens is 273 g/mol. The van der Waals surface area contributed by atoms with Crippen LogP contribution in [0.1, 0.15) is 34.2 Å². The Hall–Kier alpha value is -1.38. The predicted octanol–water partition coefficient (Wildman–Crippen LogP) is 4.39. The van der Waals surface area contributed by atoms with Crippen LogP contribution in [0.2, 0.25) is 5.02 Å². The SMILES string of the molecule is CNC(c1cc(C)c(F)cc1Cl)C1Cc2ccccc21. The number of nitrogens with one attached hydrogen (secondary N) is 1. The molecule has 2 atom stereocenters. The normalized spacial score (nSPS) is 18.3. The van der Waals surface area contributed by atoms with Crippen molar-refractivity contribution in [3.8, 4) is 0 Å². The molecule has 2 aromatic carbocycles. The Labute approximate surface area is 123 Å². The van der Waals surface area contributed by atoms with Crippen LogP contribution in [0.3, 0.4) is 0 Å². The van der Waals surface area contributed by atoms with Crippen LogP contribution in [0.5, 0.6) is 0 Å². The van der Waals surface area contributed by atoms with Crippen molar-refractivity contribution in [1.82, 2.24) is 5.32 Å². The van der Waals surface area contributed by atoms with Crippen LogP contribution >= 0.6 is 11.6 Å². The summed E-state index contributed by atoms with van der Waals surface area (Å²) >= 11 is 6.25. The van der Waals surface area contributed by atoms with E-state index in [9.17, 15) is 4.39 Å². The second-order valence-corrected chi connectivity index (χ2v) is 5.81. The van der Waals surface area contributed by atoms with E-state index >= 15 is 0 Å². The number of hydrogen-bond donors (Lipinski definition) is 1. The van der Waals surface area contributed by atoms with Crippen molar-refractivity contribution in [2.75, 3.05) is 7.05 Å². The third-order valence-electron chi connectivity index (χ3n) is 4.22. The van der Waals surface area contributed by atoms with E-state index in [0.29, 0.717) is 16.5 Å². The van der Waals surface area contributed by atoms with Crippen molar-refractivity contribution in [1.29, 1.82) is 0 Å². The van der Waals surface area contributed by atoms with Crippen molar-refractivity contribution in [3.05, 3.63) is 69.5 Å². The Morgan fingerprint density at radius 1 is 1.30 bits per heavy atom. The first-order valence-electron chi connectivity index (χ1n) is 6.82. The molecule has 3 rings (SSSR count). The number of benzene rings is 2. The Balaban J connectivity index is 1.98. The van der Waals surface area contributed by atoms with Crippen LogP contribution in [0.15, 0.2) is 36.4 Å². The molecule has 1 N–H and O–H groups in total. The number of aryl methyl sites for hydroxylation is 1. The van der Waals surface area contributed by atoms with Gasteiger partial charge in [-0.3, -0.25) is 0 Å². The predicted molar refractivity (Wildman–Crippen MR) is 80.8 cm³/mol. The smallest absolute Gasteiger partial charge is 0.127 e. The summed E-state index contributed by atoms with van der Waals surface area (Å²) in [5, 5.41) is 3.84. The minimum atomic E-state index is -0.248. The zero-order valence-corrected chi connectivity index (χ0v) is 12.3. The van der Waals surface area contributed by atoms with Crippen LogP contribution < -0.4 is 5.32 Å². The number of halogens is 2. The lowest BCUT2D eigenvalue weighted by Gasteiger charge is -2.37. The standard InChI is InChI=1S/C17H17ClFN/c1-10-7-14(15(18)9-16(10)19)17(20-2)13-8-11-5-3-4-6-12(11)13/h3-7,9,13,17,20H,8H2,1-2H3. The van der Waals surface area contributed by atoms with Gasteiger partial charge in [-0.15, -0.1) is 0 Å². The second-order valence-electron chi connectivity index (χ2n) is 5.40. The number of fused-ring (bicyclic) bond motifs is 1. The van der Waals surface area contributed by atoms with E-state index in [1.54, 1.807) is 6.92 Å². The minimum absolute atomic E-state index is 0.122. The summed E-state index contributed by atoms with van der Waals surface area (Å²) in [7, 11) is 1.93. The molecule has 3 heteroatoms. The molecule has 0 fully saturated rings. The third-order valence-corrected chi connectivity index (χ3v) is 4.55. The molecule has 104 valence electrons. The molecule has 1 aliphatic rings. The molecule has 0 spiro atoms. The van der Waals surface area contributed by atoms with E-state index in [0.717, 1.165) is 12.0 Å². The summed E-state index contributed by atoms with van der Waals surface area (Å²) in [6, 6.07) is 11.9. The maximum Gasteiger partial charge on any atom is 0.127 e. The van der Waals surface area contributed by atoms with E-state index < -0.39 is 0 Å². The van der Waals surface area contributed by atoms with Crippen molar-refractivity contribution in [2.45, 2.75) is 25.3 Å². The summed E-state index contributed by atoms with van der Waals surface area (Å²) < 4.78 is 13.6. The fraction of sp³-hybridized carbons (Fsp3) is 0.294. The van der Waals surface area contributed by atoms with Gasteiger partial charge in [0.05, 0.1) is 0 Å². The van der Waals surface area contributed by atoms with Gasteiger partial charge in [-0.05, 0) is 48.7 Å². The van der Waals surface area contributed by atoms with E-state index in [-0.39, 0.29) is 11.9 Å². The van der Waals surface area contributed by atoms with Crippen molar-refractivity contribution in [3.63, 3.8) is 0 Å². The molecule has 2 aromatic rings. The van der Waals surface area contributed by atoms with E-state index in [1.807, 2.05) is 13.1 Å². The fourth-order valence-electron chi connectivity index (χ4n) is 3.09. The van der Waals surface area contributed by atoms with Gasteiger partial charge in [-0.25, -0.2) is 4.39 Å². The highest BCUT2D eigenvalue weighted by molar-refractivity contribution is 6.31. The van der Waals surface area contributed by atoms with E-state index in [4.69, 9.17) is 11.6 Å². The Morgan fingerprint density at radius 3 is 2.75 bits per heavy atom. The average Bonchev–Trinajstić information content (AvgIpc) is 2.41. The maximum atomic E-state index is 13.6. The van der Waals surface area contributed by atoms with Gasteiger partial charge < -0.3 is 5.32 Å². The summed E-state index contributed by atoms with van der Waals surface area (Å²) in [6.45, 7) is 1.77. The van der Waals surface area contributed by atoms with Gasteiger partial charge in [0.25, 0.3) is 0 Å². The van der Waals surface area contributed by atoms with Gasteiger partial charge in [0, 0.05) is 17.0 Å². The Morgan fingerprint density at radius 2 is 2.05 bits per heavy atom. The lowest BCUT2D eigenvalue weighted by molar-refractivity contribution is 0.438. The molecule has 0 saturated carbocycles. The van der Waals surface area contributed by atoms with Gasteiger partial charge in [-0.2, -0.15) is 0 Å². The molecule has 2 unspecified atom stereocenters. The first-order chi connectivity index (χ1) is 9.61. The van der Waals surface area contributed by atoms with Gasteiger partial charge >= 0.3 is 0 Å². The topological polar surface area (TPSA) is 12.0 Å². The van der Waals surface area contributed by atoms with Gasteiger partial charge in [0.2, 0.25) is 0 Å². The van der Waals surface area contributed by atoms with E-state index in [2.05, 4.69) is 29.6 Å². The van der Waals surface area contributed by atoms with Crippen LogP contribution in [-0.4, -0.2) is 7.05 Å². The average molecular weight is 290 g/mol. The lowest BCUT2D eigenvalue weighted by atomic mass is 9.71. The molecular formula is C17H17ClFN. The largest absolute Gasteiger partial charge is 0.312 e. The monoisotopic (exact) mass is 289 g/mol. The second kappa shape index (κ2) is 5.19. The van der Waals surface area contributed by atoms with Crippen molar-refractivity contribution in [2.24, 2.45) is 0 Å². The Bertz CT molecular complexity index is 653. The van der Waals surface area contributed by atoms with Crippen LogP contribution in [0.25, 0.3) is 0 Å². The Kier molecular flexibility index (Phi) is 3.53. The number of hydrogen-bond acceptors (Lipinski definition) is 1. The van der Waals surface area contributed by atoms with Gasteiger partial charge in [-0.1, -0.05) is 41.9 Å². The van der Waals surface area contributed by atoms with E-state index in [1.165, 1.54) is 17.2 Å². The van der Waals surface area contributed by atoms with Crippen LogP contribution in [0, 0.1) is 12.7 Å². The molecule has 0 heterocycles.